The van der Waals surface area contributed by atoms with Gasteiger partial charge in [-0.1, -0.05) is 0 Å². The molecule has 2 aliphatic rings. The molecule has 4 unspecified atom stereocenters. The second-order valence-corrected chi connectivity index (χ2v) is 15.3. The Balaban J connectivity index is 0.00000353. The van der Waals surface area contributed by atoms with Crippen molar-refractivity contribution in [3.63, 3.8) is 0 Å². The van der Waals surface area contributed by atoms with Gasteiger partial charge in [-0.15, -0.1) is 0 Å². The molecule has 2 saturated heterocycles. The second kappa shape index (κ2) is 23.1. The Hall–Kier alpha value is -0.381. The van der Waals surface area contributed by atoms with Crippen molar-refractivity contribution >= 4 is 15.0 Å². The molecule has 0 spiro atoms. The SMILES string of the molecule is CCCCOC(OCCCC)c1cc[n+](C2CCC3[Se]C2CCC3[n+]2ccc(C(OCCCC)OCCCC)cc2)cc1.[Br-].[Br-]. The maximum absolute atomic E-state index is 6.14. The van der Waals surface area contributed by atoms with E-state index in [1.54, 1.807) is 0 Å². The molecule has 0 aromatic carbocycles. The zero-order valence-corrected chi connectivity index (χ0v) is 33.0. The van der Waals surface area contributed by atoms with Crippen molar-refractivity contribution in [3.8, 4) is 0 Å². The number of rotatable bonds is 20. The zero-order chi connectivity index (χ0) is 30.3. The van der Waals surface area contributed by atoms with Crippen LogP contribution in [-0.2, 0) is 18.9 Å². The molecule has 0 radical (unpaired) electrons. The number of fused-ring (bicyclic) bond motifs is 2. The number of ether oxygens (including phenoxy) is 4. The average Bonchev–Trinajstić information content (AvgIpc) is 3.04. The summed E-state index contributed by atoms with van der Waals surface area (Å²) in [5.74, 6) is 0. The zero-order valence-electron chi connectivity index (χ0n) is 28.1. The van der Waals surface area contributed by atoms with Crippen molar-refractivity contribution in [3.05, 3.63) is 60.2 Å². The average molecular weight is 822 g/mol. The van der Waals surface area contributed by atoms with E-state index < -0.39 is 0 Å². The van der Waals surface area contributed by atoms with Gasteiger partial charge in [0, 0.05) is 0 Å². The molecule has 0 aliphatic carbocycles. The van der Waals surface area contributed by atoms with Gasteiger partial charge in [-0.05, 0) is 0 Å². The fourth-order valence-electron chi connectivity index (χ4n) is 6.13. The number of hydrogen-bond acceptors (Lipinski definition) is 4. The van der Waals surface area contributed by atoms with E-state index >= 15 is 0 Å². The van der Waals surface area contributed by atoms with E-state index in [-0.39, 0.29) is 46.5 Å². The summed E-state index contributed by atoms with van der Waals surface area (Å²) in [6, 6.07) is 10.2. The van der Waals surface area contributed by atoms with Crippen LogP contribution < -0.4 is 43.1 Å². The van der Waals surface area contributed by atoms with Gasteiger partial charge >= 0.3 is 269 Å². The summed E-state index contributed by atoms with van der Waals surface area (Å²) in [6.45, 7) is 11.8. The van der Waals surface area contributed by atoms with Crippen LogP contribution in [0.25, 0.3) is 0 Å². The number of nitrogens with zero attached hydrogens (tertiary/aromatic N) is 2. The van der Waals surface area contributed by atoms with Gasteiger partial charge in [0.1, 0.15) is 0 Å². The molecule has 9 heteroatoms. The van der Waals surface area contributed by atoms with Gasteiger partial charge in [0.15, 0.2) is 0 Å². The van der Waals surface area contributed by atoms with Gasteiger partial charge in [0.2, 0.25) is 0 Å². The van der Waals surface area contributed by atoms with Crippen LogP contribution in [-0.4, -0.2) is 41.4 Å². The minimum Gasteiger partial charge on any atom is -1.00 e. The van der Waals surface area contributed by atoms with Gasteiger partial charge in [-0.3, -0.25) is 0 Å². The summed E-state index contributed by atoms with van der Waals surface area (Å²) in [5.41, 5.74) is 2.28. The first-order valence-corrected chi connectivity index (χ1v) is 19.3. The van der Waals surface area contributed by atoms with Crippen LogP contribution in [0.4, 0.5) is 0 Å². The summed E-state index contributed by atoms with van der Waals surface area (Å²) in [4.78, 5) is 1.61. The van der Waals surface area contributed by atoms with Crippen LogP contribution >= 0.6 is 0 Å². The fraction of sp³-hybridized carbons (Fsp3) is 0.722. The fourth-order valence-corrected chi connectivity index (χ4v) is 10.1. The standard InChI is InChI=1S/C36H58N2O4Se.2BrH/c1-5-9-25-39-35(40-26-10-6-2)29-17-21-37(22-18-29)31-13-15-34-32(14-16-33(31)43-34)38-23-19-30(20-24-38)36(41-27-11-7-3)42-28-12-8-4;;/h17-24,31-36H,5-16,25-28H2,1-4H3;2*1H/q+2;;/p-2. The van der Waals surface area contributed by atoms with E-state index in [0.29, 0.717) is 27.0 Å². The Kier molecular flexibility index (Phi) is 20.9. The maximum Gasteiger partial charge on any atom is -1.00 e. The monoisotopic (exact) mass is 820 g/mol. The number of aromatic nitrogens is 2. The van der Waals surface area contributed by atoms with E-state index in [0.717, 1.165) is 98.6 Å². The topological polar surface area (TPSA) is 44.7 Å². The molecule has 0 N–H and O–H groups in total. The Morgan fingerprint density at radius 1 is 0.556 bits per heavy atom. The molecule has 6 nitrogen and oxygen atoms in total. The van der Waals surface area contributed by atoms with E-state index in [1.165, 1.54) is 25.7 Å². The number of pyridine rings is 2. The Morgan fingerprint density at radius 2 is 0.867 bits per heavy atom. The molecule has 2 aromatic heterocycles. The van der Waals surface area contributed by atoms with Crippen molar-refractivity contribution in [2.75, 3.05) is 26.4 Å². The third-order valence-electron chi connectivity index (χ3n) is 8.84. The molecule has 0 saturated carbocycles. The molecule has 256 valence electrons. The van der Waals surface area contributed by atoms with Crippen molar-refractivity contribution in [1.29, 1.82) is 0 Å². The Bertz CT molecular complexity index is 931. The molecular weight excluding hydrogens is 763 g/mol. The largest absolute Gasteiger partial charge is 1.00 e. The minimum absolute atomic E-state index is 0. The van der Waals surface area contributed by atoms with Crippen molar-refractivity contribution in [1.82, 2.24) is 0 Å². The van der Waals surface area contributed by atoms with Crippen LogP contribution in [0.15, 0.2) is 49.1 Å². The van der Waals surface area contributed by atoms with E-state index in [4.69, 9.17) is 18.9 Å². The van der Waals surface area contributed by atoms with Gasteiger partial charge in [0.25, 0.3) is 0 Å². The van der Waals surface area contributed by atoms with Crippen LogP contribution in [0.3, 0.4) is 0 Å². The minimum atomic E-state index is -0.257. The van der Waals surface area contributed by atoms with Crippen LogP contribution in [0, 0.1) is 0 Å². The predicted molar refractivity (Wildman–Crippen MR) is 172 cm³/mol. The van der Waals surface area contributed by atoms with Gasteiger partial charge in [-0.2, -0.15) is 0 Å². The van der Waals surface area contributed by atoms with E-state index in [2.05, 4.69) is 85.9 Å². The van der Waals surface area contributed by atoms with Crippen molar-refractivity contribution in [2.45, 2.75) is 139 Å². The first-order valence-electron chi connectivity index (χ1n) is 17.3. The molecule has 4 heterocycles. The molecule has 4 atom stereocenters. The summed E-state index contributed by atoms with van der Waals surface area (Å²) < 4.78 is 29.5. The molecule has 0 amide bonds. The van der Waals surface area contributed by atoms with Crippen LogP contribution in [0.1, 0.15) is 141 Å². The Morgan fingerprint density at radius 3 is 1.16 bits per heavy atom. The van der Waals surface area contributed by atoms with Crippen LogP contribution in [0.5, 0.6) is 0 Å². The smallest absolute Gasteiger partial charge is 1.00 e. The van der Waals surface area contributed by atoms with Gasteiger partial charge in [0.05, 0.1) is 0 Å². The number of unbranched alkanes of at least 4 members (excludes halogenated alkanes) is 4. The molecule has 2 aliphatic heterocycles. The summed E-state index contributed by atoms with van der Waals surface area (Å²) >= 11 is 0.632. The maximum atomic E-state index is 6.14. The first-order chi connectivity index (χ1) is 21.2. The third kappa shape index (κ3) is 12.5. The molecule has 2 bridgehead atoms. The van der Waals surface area contributed by atoms with Crippen LogP contribution in [0.2, 0.25) is 9.63 Å². The molecule has 4 rings (SSSR count). The second-order valence-electron chi connectivity index (χ2n) is 12.2. The van der Waals surface area contributed by atoms with Gasteiger partial charge in [-0.25, -0.2) is 0 Å². The number of hydrogen-bond donors (Lipinski definition) is 0. The van der Waals surface area contributed by atoms with Gasteiger partial charge < -0.3 is 34.0 Å². The molecular formula is C36H58Br2N2O4Se. The van der Waals surface area contributed by atoms with Crippen molar-refractivity contribution < 1.29 is 62.0 Å². The summed E-state index contributed by atoms with van der Waals surface area (Å²) in [6.07, 6.45) is 22.6. The quantitative estimate of drug-likeness (QED) is 0.0891. The van der Waals surface area contributed by atoms with E-state index in [1.807, 2.05) is 0 Å². The first kappa shape index (κ1) is 40.8. The summed E-state index contributed by atoms with van der Waals surface area (Å²) in [7, 11) is 0. The number of halogens is 2. The third-order valence-corrected chi connectivity index (χ3v) is 12.6. The normalized spacial score (nSPS) is 21.0. The van der Waals surface area contributed by atoms with E-state index in [9.17, 15) is 0 Å². The predicted octanol–water partition coefficient (Wildman–Crippen LogP) is 2.18. The van der Waals surface area contributed by atoms with Crippen molar-refractivity contribution in [2.24, 2.45) is 0 Å². The molecule has 2 fully saturated rings. The molecule has 2 aromatic rings. The Labute approximate surface area is 301 Å². The summed E-state index contributed by atoms with van der Waals surface area (Å²) in [5, 5.41) is 0. The molecule has 45 heavy (non-hydrogen) atoms.